The fraction of sp³-hybridized carbons (Fsp3) is 0.562. The highest BCUT2D eigenvalue weighted by Crippen LogP contribution is 2.26. The van der Waals surface area contributed by atoms with E-state index in [9.17, 15) is 4.79 Å². The van der Waals surface area contributed by atoms with Gasteiger partial charge in [0.05, 0.1) is 17.0 Å². The third-order valence-corrected chi connectivity index (χ3v) is 4.74. The van der Waals surface area contributed by atoms with Crippen molar-refractivity contribution < 1.29 is 4.79 Å². The maximum absolute atomic E-state index is 12.2. The Labute approximate surface area is 124 Å². The van der Waals surface area contributed by atoms with Crippen LogP contribution < -0.4 is 11.1 Å². The molecule has 1 aliphatic rings. The minimum atomic E-state index is 0.0140. The molecule has 1 fully saturated rings. The van der Waals surface area contributed by atoms with Gasteiger partial charge in [0.15, 0.2) is 0 Å². The van der Waals surface area contributed by atoms with Gasteiger partial charge in [-0.25, -0.2) is 0 Å². The number of thiophene rings is 1. The van der Waals surface area contributed by atoms with Crippen molar-refractivity contribution in [2.24, 2.45) is 11.7 Å². The van der Waals surface area contributed by atoms with Gasteiger partial charge >= 0.3 is 0 Å². The van der Waals surface area contributed by atoms with E-state index in [2.05, 4.69) is 24.1 Å². The summed E-state index contributed by atoms with van der Waals surface area (Å²) in [6, 6.07) is 2.09. The van der Waals surface area contributed by atoms with Crippen LogP contribution in [-0.4, -0.2) is 18.5 Å². The van der Waals surface area contributed by atoms with E-state index in [1.165, 1.54) is 43.4 Å². The predicted molar refractivity (Wildman–Crippen MR) is 83.8 cm³/mol. The summed E-state index contributed by atoms with van der Waals surface area (Å²) < 4.78 is 0. The molecule has 20 heavy (non-hydrogen) atoms. The van der Waals surface area contributed by atoms with E-state index < -0.39 is 0 Å². The summed E-state index contributed by atoms with van der Waals surface area (Å²) in [6.07, 6.45) is 6.39. The molecule has 0 aliphatic heterocycles. The standard InChI is InChI=1S/C16H22N2OS/c1-12(13-6-3-2-4-7-13)18-16(19)14-10-15(20-11-14)8-5-9-17/h10-13H,2-4,6-7,9,17H2,1H3,(H,18,19). The maximum Gasteiger partial charge on any atom is 0.252 e. The molecular weight excluding hydrogens is 268 g/mol. The van der Waals surface area contributed by atoms with E-state index in [4.69, 9.17) is 5.73 Å². The quantitative estimate of drug-likeness (QED) is 0.841. The lowest BCUT2D eigenvalue weighted by atomic mass is 9.84. The second-order valence-corrected chi connectivity index (χ2v) is 6.28. The molecule has 1 aromatic rings. The third-order valence-electron chi connectivity index (χ3n) is 3.89. The predicted octanol–water partition coefficient (Wildman–Crippen LogP) is 2.76. The van der Waals surface area contributed by atoms with E-state index in [1.807, 2.05) is 11.4 Å². The number of amides is 1. The van der Waals surface area contributed by atoms with Crippen LogP contribution in [0.15, 0.2) is 11.4 Å². The first kappa shape index (κ1) is 15.1. The van der Waals surface area contributed by atoms with Crippen LogP contribution in [0.4, 0.5) is 0 Å². The summed E-state index contributed by atoms with van der Waals surface area (Å²) in [5, 5.41) is 4.99. The number of nitrogens with one attached hydrogen (secondary N) is 1. The Balaban J connectivity index is 1.92. The summed E-state index contributed by atoms with van der Waals surface area (Å²) in [5.74, 6) is 6.41. The van der Waals surface area contributed by atoms with Crippen LogP contribution >= 0.6 is 11.3 Å². The van der Waals surface area contributed by atoms with Crippen molar-refractivity contribution in [2.45, 2.75) is 45.1 Å². The minimum Gasteiger partial charge on any atom is -0.349 e. The number of rotatable bonds is 3. The van der Waals surface area contributed by atoms with Crippen LogP contribution in [-0.2, 0) is 0 Å². The highest BCUT2D eigenvalue weighted by Gasteiger charge is 2.22. The maximum atomic E-state index is 12.2. The number of carbonyl (C=O) groups is 1. The summed E-state index contributed by atoms with van der Waals surface area (Å²) in [6.45, 7) is 2.47. The van der Waals surface area contributed by atoms with Crippen molar-refractivity contribution >= 4 is 17.2 Å². The van der Waals surface area contributed by atoms with Crippen LogP contribution in [0.1, 0.15) is 54.3 Å². The van der Waals surface area contributed by atoms with E-state index in [0.29, 0.717) is 18.0 Å². The largest absolute Gasteiger partial charge is 0.349 e. The fourth-order valence-electron chi connectivity index (χ4n) is 2.70. The number of nitrogens with two attached hydrogens (primary N) is 1. The van der Waals surface area contributed by atoms with Crippen molar-refractivity contribution in [1.82, 2.24) is 5.32 Å². The summed E-state index contributed by atoms with van der Waals surface area (Å²) in [5.41, 5.74) is 6.05. The van der Waals surface area contributed by atoms with Crippen LogP contribution in [0, 0.1) is 17.8 Å². The number of hydrogen-bond acceptors (Lipinski definition) is 3. The molecule has 108 valence electrons. The van der Waals surface area contributed by atoms with E-state index >= 15 is 0 Å². The molecule has 1 heterocycles. The molecule has 3 nitrogen and oxygen atoms in total. The number of hydrogen-bond donors (Lipinski definition) is 2. The Morgan fingerprint density at radius 2 is 2.25 bits per heavy atom. The molecule has 4 heteroatoms. The topological polar surface area (TPSA) is 55.1 Å². The minimum absolute atomic E-state index is 0.0140. The smallest absolute Gasteiger partial charge is 0.252 e. The number of carbonyl (C=O) groups excluding carboxylic acids is 1. The zero-order chi connectivity index (χ0) is 14.4. The fourth-order valence-corrected chi connectivity index (χ4v) is 3.46. The van der Waals surface area contributed by atoms with Gasteiger partial charge in [0.25, 0.3) is 5.91 Å². The van der Waals surface area contributed by atoms with Gasteiger partial charge in [-0.05, 0) is 31.7 Å². The first-order valence-electron chi connectivity index (χ1n) is 7.29. The summed E-state index contributed by atoms with van der Waals surface area (Å²) >= 11 is 1.49. The monoisotopic (exact) mass is 290 g/mol. The van der Waals surface area contributed by atoms with Gasteiger partial charge < -0.3 is 11.1 Å². The molecule has 1 unspecified atom stereocenters. The lowest BCUT2D eigenvalue weighted by molar-refractivity contribution is 0.0920. The molecular formula is C16H22N2OS. The molecule has 1 amide bonds. The van der Waals surface area contributed by atoms with Gasteiger partial charge in [0.1, 0.15) is 0 Å². The van der Waals surface area contributed by atoms with Gasteiger partial charge in [0.2, 0.25) is 0 Å². The summed E-state index contributed by atoms with van der Waals surface area (Å²) in [7, 11) is 0. The zero-order valence-electron chi connectivity index (χ0n) is 11.9. The first-order chi connectivity index (χ1) is 9.70. The lowest BCUT2D eigenvalue weighted by Crippen LogP contribution is -2.38. The molecule has 1 aliphatic carbocycles. The Kier molecular flexibility index (Phi) is 5.63. The molecule has 0 radical (unpaired) electrons. The van der Waals surface area contributed by atoms with E-state index in [0.717, 1.165) is 4.88 Å². The molecule has 2 rings (SSSR count). The van der Waals surface area contributed by atoms with Gasteiger partial charge in [-0.15, -0.1) is 11.3 Å². The van der Waals surface area contributed by atoms with Crippen molar-refractivity contribution in [3.05, 3.63) is 21.9 Å². The van der Waals surface area contributed by atoms with Gasteiger partial charge in [-0.1, -0.05) is 31.1 Å². The van der Waals surface area contributed by atoms with Gasteiger partial charge in [0, 0.05) is 11.4 Å². The second kappa shape index (κ2) is 7.47. The average Bonchev–Trinajstić information content (AvgIpc) is 2.95. The molecule has 1 atom stereocenters. The van der Waals surface area contributed by atoms with E-state index in [1.54, 1.807) is 0 Å². The zero-order valence-corrected chi connectivity index (χ0v) is 12.8. The van der Waals surface area contributed by atoms with Crippen molar-refractivity contribution in [3.63, 3.8) is 0 Å². The van der Waals surface area contributed by atoms with Crippen LogP contribution in [0.3, 0.4) is 0 Å². The Hall–Kier alpha value is -1.31. The lowest BCUT2D eigenvalue weighted by Gasteiger charge is -2.28. The van der Waals surface area contributed by atoms with Crippen LogP contribution in [0.25, 0.3) is 0 Å². The highest BCUT2D eigenvalue weighted by atomic mass is 32.1. The van der Waals surface area contributed by atoms with Crippen molar-refractivity contribution in [1.29, 1.82) is 0 Å². The molecule has 0 aromatic carbocycles. The normalized spacial score (nSPS) is 17.1. The molecule has 0 saturated heterocycles. The van der Waals surface area contributed by atoms with Crippen molar-refractivity contribution in [3.8, 4) is 11.8 Å². The Morgan fingerprint density at radius 1 is 1.50 bits per heavy atom. The SMILES string of the molecule is CC(NC(=O)c1csc(C#CCN)c1)C1CCCCC1. The van der Waals surface area contributed by atoms with Crippen LogP contribution in [0.2, 0.25) is 0 Å². The van der Waals surface area contributed by atoms with Crippen LogP contribution in [0.5, 0.6) is 0 Å². The summed E-state index contributed by atoms with van der Waals surface area (Å²) in [4.78, 5) is 13.1. The van der Waals surface area contributed by atoms with E-state index in [-0.39, 0.29) is 11.9 Å². The van der Waals surface area contributed by atoms with Crippen molar-refractivity contribution in [2.75, 3.05) is 6.54 Å². The Morgan fingerprint density at radius 3 is 2.95 bits per heavy atom. The second-order valence-electron chi connectivity index (χ2n) is 5.37. The van der Waals surface area contributed by atoms with Gasteiger partial charge in [-0.3, -0.25) is 4.79 Å². The highest BCUT2D eigenvalue weighted by molar-refractivity contribution is 7.10. The first-order valence-corrected chi connectivity index (χ1v) is 8.17. The molecule has 0 spiro atoms. The molecule has 3 N–H and O–H groups in total. The van der Waals surface area contributed by atoms with Gasteiger partial charge in [-0.2, -0.15) is 0 Å². The molecule has 1 saturated carbocycles. The average molecular weight is 290 g/mol. The Bertz CT molecular complexity index is 506. The molecule has 0 bridgehead atoms. The third kappa shape index (κ3) is 4.09. The molecule has 1 aromatic heterocycles.